The Hall–Kier alpha value is -0.790. The van der Waals surface area contributed by atoms with Crippen LogP contribution in [-0.2, 0) is 4.79 Å². The molecule has 0 saturated heterocycles. The summed E-state index contributed by atoms with van der Waals surface area (Å²) in [5.74, 6) is 0.722. The van der Waals surface area contributed by atoms with Crippen molar-refractivity contribution in [2.75, 3.05) is 33.2 Å². The second-order valence-electron chi connectivity index (χ2n) is 3.98. The minimum Gasteiger partial charge on any atom is -0.357 e. The fourth-order valence-corrected chi connectivity index (χ4v) is 1.45. The number of likely N-dealkylation sites (N-methyl/N-ethyl adjacent to an activating group) is 1. The van der Waals surface area contributed by atoms with E-state index < -0.39 is 0 Å². The number of amides is 1. The fraction of sp³-hybridized carbons (Fsp3) is 0.692. The Kier molecular flexibility index (Phi) is 14.7. The molecule has 2 N–H and O–H groups in total. The predicted molar refractivity (Wildman–Crippen MR) is 92.1 cm³/mol. The lowest BCUT2D eigenvalue weighted by Crippen LogP contribution is -2.40. The topological polar surface area (TPSA) is 56.7 Å². The summed E-state index contributed by atoms with van der Waals surface area (Å²) in [4.78, 5) is 17.7. The first-order valence-corrected chi connectivity index (χ1v) is 6.52. The van der Waals surface area contributed by atoms with Crippen molar-refractivity contribution < 1.29 is 4.79 Å². The van der Waals surface area contributed by atoms with Gasteiger partial charge in [-0.05, 0) is 26.7 Å². The summed E-state index contributed by atoms with van der Waals surface area (Å²) < 4.78 is 0. The van der Waals surface area contributed by atoms with Crippen LogP contribution in [0, 0.1) is 0 Å². The molecule has 0 aliphatic rings. The third-order valence-electron chi connectivity index (χ3n) is 2.34. The van der Waals surface area contributed by atoms with Crippen LogP contribution in [0.4, 0.5) is 0 Å². The molecule has 0 radical (unpaired) electrons. The van der Waals surface area contributed by atoms with E-state index >= 15 is 0 Å². The molecular formula is C13H27IN4O. The fourth-order valence-electron chi connectivity index (χ4n) is 1.45. The zero-order chi connectivity index (χ0) is 13.8. The number of unbranched alkanes of at least 4 members (excludes halogenated alkanes) is 1. The maximum Gasteiger partial charge on any atom is 0.241 e. The molecule has 0 fully saturated rings. The van der Waals surface area contributed by atoms with Gasteiger partial charge < -0.3 is 15.5 Å². The Labute approximate surface area is 133 Å². The SMILES string of the molecule is C=CCCCN(C)C(=NCC(=O)NCC)NCC.I. The highest BCUT2D eigenvalue weighted by atomic mass is 127. The van der Waals surface area contributed by atoms with Crippen molar-refractivity contribution in [3.8, 4) is 0 Å². The summed E-state index contributed by atoms with van der Waals surface area (Å²) in [6.07, 6.45) is 3.93. The van der Waals surface area contributed by atoms with Crippen molar-refractivity contribution in [3.63, 3.8) is 0 Å². The number of guanidine groups is 1. The van der Waals surface area contributed by atoms with E-state index in [0.29, 0.717) is 6.54 Å². The zero-order valence-corrected chi connectivity index (χ0v) is 14.6. The third kappa shape index (κ3) is 10.8. The largest absolute Gasteiger partial charge is 0.357 e. The van der Waals surface area contributed by atoms with E-state index in [1.807, 2.05) is 31.9 Å². The van der Waals surface area contributed by atoms with E-state index in [1.165, 1.54) is 0 Å². The van der Waals surface area contributed by atoms with E-state index in [0.717, 1.165) is 31.9 Å². The van der Waals surface area contributed by atoms with Gasteiger partial charge in [0, 0.05) is 26.7 Å². The van der Waals surface area contributed by atoms with E-state index in [4.69, 9.17) is 0 Å². The number of nitrogens with one attached hydrogen (secondary N) is 2. The second-order valence-corrected chi connectivity index (χ2v) is 3.98. The van der Waals surface area contributed by atoms with Gasteiger partial charge in [0.05, 0.1) is 0 Å². The third-order valence-corrected chi connectivity index (χ3v) is 2.34. The number of carbonyl (C=O) groups excluding carboxylic acids is 1. The predicted octanol–water partition coefficient (Wildman–Crippen LogP) is 1.60. The van der Waals surface area contributed by atoms with Crippen LogP contribution in [0.1, 0.15) is 26.7 Å². The van der Waals surface area contributed by atoms with Crippen LogP contribution in [0.3, 0.4) is 0 Å². The summed E-state index contributed by atoms with van der Waals surface area (Å²) in [7, 11) is 1.97. The van der Waals surface area contributed by atoms with Crippen LogP contribution in [0.15, 0.2) is 17.6 Å². The van der Waals surface area contributed by atoms with Crippen molar-refractivity contribution in [1.29, 1.82) is 0 Å². The average Bonchev–Trinajstić information content (AvgIpc) is 2.35. The lowest BCUT2D eigenvalue weighted by atomic mass is 10.3. The number of aliphatic imine (C=N–C) groups is 1. The van der Waals surface area contributed by atoms with Gasteiger partial charge in [0.2, 0.25) is 5.91 Å². The van der Waals surface area contributed by atoms with Gasteiger partial charge in [0.1, 0.15) is 6.54 Å². The first kappa shape index (κ1) is 20.5. The number of allylic oxidation sites excluding steroid dienone is 1. The lowest BCUT2D eigenvalue weighted by Gasteiger charge is -2.21. The highest BCUT2D eigenvalue weighted by Crippen LogP contribution is 1.94. The maximum absolute atomic E-state index is 11.4. The summed E-state index contributed by atoms with van der Waals surface area (Å²) in [5, 5.41) is 5.91. The molecule has 112 valence electrons. The van der Waals surface area contributed by atoms with Crippen molar-refractivity contribution in [2.45, 2.75) is 26.7 Å². The van der Waals surface area contributed by atoms with E-state index in [2.05, 4.69) is 22.2 Å². The molecule has 0 saturated carbocycles. The second kappa shape index (κ2) is 13.6. The van der Waals surface area contributed by atoms with Gasteiger partial charge in [0.15, 0.2) is 5.96 Å². The molecule has 6 heteroatoms. The lowest BCUT2D eigenvalue weighted by molar-refractivity contribution is -0.119. The zero-order valence-electron chi connectivity index (χ0n) is 12.2. The standard InChI is InChI=1S/C13H26N4O.HI/c1-5-8-9-10-17(4)13(15-7-3)16-11-12(18)14-6-2;/h5H,1,6-11H2,2-4H3,(H,14,18)(H,15,16);1H. The van der Waals surface area contributed by atoms with Crippen LogP contribution in [0.5, 0.6) is 0 Å². The van der Waals surface area contributed by atoms with Crippen LogP contribution in [0.25, 0.3) is 0 Å². The van der Waals surface area contributed by atoms with Crippen molar-refractivity contribution in [1.82, 2.24) is 15.5 Å². The molecule has 0 rings (SSSR count). The summed E-state index contributed by atoms with van der Waals surface area (Å²) in [6.45, 7) is 10.1. The van der Waals surface area contributed by atoms with Crippen LogP contribution in [0.2, 0.25) is 0 Å². The smallest absolute Gasteiger partial charge is 0.241 e. The Morgan fingerprint density at radius 2 is 1.95 bits per heavy atom. The average molecular weight is 382 g/mol. The monoisotopic (exact) mass is 382 g/mol. The van der Waals surface area contributed by atoms with E-state index in [9.17, 15) is 4.79 Å². The summed E-state index contributed by atoms with van der Waals surface area (Å²) in [6, 6.07) is 0. The minimum atomic E-state index is -0.0487. The van der Waals surface area contributed by atoms with Gasteiger partial charge in [-0.2, -0.15) is 0 Å². The molecule has 0 aromatic rings. The normalized spacial score (nSPS) is 10.4. The van der Waals surface area contributed by atoms with Crippen LogP contribution < -0.4 is 10.6 Å². The number of hydrogen-bond donors (Lipinski definition) is 2. The molecule has 0 aromatic carbocycles. The minimum absolute atomic E-state index is 0. The van der Waals surface area contributed by atoms with Crippen molar-refractivity contribution in [3.05, 3.63) is 12.7 Å². The number of hydrogen-bond acceptors (Lipinski definition) is 2. The number of halogens is 1. The summed E-state index contributed by atoms with van der Waals surface area (Å²) in [5.41, 5.74) is 0. The van der Waals surface area contributed by atoms with Crippen LogP contribution >= 0.6 is 24.0 Å². The van der Waals surface area contributed by atoms with Crippen molar-refractivity contribution >= 4 is 35.8 Å². The van der Waals surface area contributed by atoms with Gasteiger partial charge in [-0.1, -0.05) is 6.08 Å². The van der Waals surface area contributed by atoms with E-state index in [-0.39, 0.29) is 36.4 Å². The molecule has 0 heterocycles. The Morgan fingerprint density at radius 1 is 1.32 bits per heavy atom. The molecule has 0 bridgehead atoms. The van der Waals surface area contributed by atoms with Gasteiger partial charge in [-0.15, -0.1) is 30.6 Å². The molecule has 0 atom stereocenters. The molecule has 0 aliphatic heterocycles. The van der Waals surface area contributed by atoms with Gasteiger partial charge >= 0.3 is 0 Å². The van der Waals surface area contributed by atoms with E-state index in [1.54, 1.807) is 0 Å². The number of carbonyl (C=O) groups is 1. The molecular weight excluding hydrogens is 355 g/mol. The Bertz CT molecular complexity index is 282. The molecule has 1 amide bonds. The first-order chi connectivity index (χ1) is 8.65. The van der Waals surface area contributed by atoms with Crippen LogP contribution in [-0.4, -0.2) is 50.0 Å². The molecule has 0 aliphatic carbocycles. The molecule has 0 unspecified atom stereocenters. The molecule has 19 heavy (non-hydrogen) atoms. The molecule has 0 spiro atoms. The molecule has 0 aromatic heterocycles. The quantitative estimate of drug-likeness (QED) is 0.221. The van der Waals surface area contributed by atoms with Gasteiger partial charge in [-0.25, -0.2) is 4.99 Å². The highest BCUT2D eigenvalue weighted by molar-refractivity contribution is 14.0. The summed E-state index contributed by atoms with van der Waals surface area (Å²) >= 11 is 0. The van der Waals surface area contributed by atoms with Gasteiger partial charge in [0.25, 0.3) is 0 Å². The highest BCUT2D eigenvalue weighted by Gasteiger charge is 2.05. The molecule has 5 nitrogen and oxygen atoms in total. The Morgan fingerprint density at radius 3 is 2.47 bits per heavy atom. The Balaban J connectivity index is 0. The number of nitrogens with zero attached hydrogens (tertiary/aromatic N) is 2. The maximum atomic E-state index is 11.4. The van der Waals surface area contributed by atoms with Crippen molar-refractivity contribution in [2.24, 2.45) is 4.99 Å². The first-order valence-electron chi connectivity index (χ1n) is 6.52. The van der Waals surface area contributed by atoms with Gasteiger partial charge in [-0.3, -0.25) is 4.79 Å². The number of rotatable bonds is 8.